The fourth-order valence-electron chi connectivity index (χ4n) is 3.31. The van der Waals surface area contributed by atoms with Crippen molar-refractivity contribution in [1.29, 1.82) is 0 Å². The molecule has 0 fully saturated rings. The highest BCUT2D eigenvalue weighted by Crippen LogP contribution is 2.28. The van der Waals surface area contributed by atoms with Gasteiger partial charge in [0.25, 0.3) is 0 Å². The van der Waals surface area contributed by atoms with Gasteiger partial charge in [0.15, 0.2) is 0 Å². The third-order valence-corrected chi connectivity index (χ3v) is 7.90. The first-order valence-electron chi connectivity index (χ1n) is 10.8. The van der Waals surface area contributed by atoms with Crippen molar-refractivity contribution in [2.45, 2.75) is 52.7 Å². The first-order chi connectivity index (χ1) is 16.0. The summed E-state index contributed by atoms with van der Waals surface area (Å²) in [4.78, 5) is 27.9. The molecule has 11 heteroatoms. The van der Waals surface area contributed by atoms with Crippen LogP contribution in [0.5, 0.6) is 0 Å². The summed E-state index contributed by atoms with van der Waals surface area (Å²) in [5, 5.41) is 3.53. The van der Waals surface area contributed by atoms with E-state index in [2.05, 4.69) is 21.2 Å². The van der Waals surface area contributed by atoms with Crippen LogP contribution in [0.15, 0.2) is 40.9 Å². The van der Waals surface area contributed by atoms with Gasteiger partial charge in [-0.15, -0.1) is 0 Å². The number of rotatable bonds is 8. The molecule has 192 valence electrons. The molecule has 2 aromatic carbocycles. The number of amides is 2. The summed E-state index contributed by atoms with van der Waals surface area (Å²) in [7, 11) is -3.82. The minimum Gasteiger partial charge on any atom is -0.350 e. The zero-order valence-electron chi connectivity index (χ0n) is 20.5. The zero-order valence-corrected chi connectivity index (χ0v) is 24.4. The molecular formula is C24H30BrCl2N3O4S. The van der Waals surface area contributed by atoms with E-state index in [-0.39, 0.29) is 12.5 Å². The molecule has 0 aliphatic heterocycles. The van der Waals surface area contributed by atoms with Crippen LogP contribution >= 0.6 is 39.1 Å². The van der Waals surface area contributed by atoms with Crippen molar-refractivity contribution in [3.8, 4) is 0 Å². The smallest absolute Gasteiger partial charge is 0.244 e. The van der Waals surface area contributed by atoms with E-state index in [1.807, 2.05) is 27.7 Å². The maximum absolute atomic E-state index is 13.6. The lowest BCUT2D eigenvalue weighted by Gasteiger charge is -2.33. The quantitative estimate of drug-likeness (QED) is 0.449. The Hall–Kier alpha value is -1.81. The second-order valence-corrected chi connectivity index (χ2v) is 12.9. The highest BCUT2D eigenvalue weighted by Gasteiger charge is 2.32. The minimum atomic E-state index is -3.82. The van der Waals surface area contributed by atoms with Gasteiger partial charge in [-0.2, -0.15) is 0 Å². The van der Waals surface area contributed by atoms with Crippen LogP contribution < -0.4 is 9.62 Å². The van der Waals surface area contributed by atoms with Crippen molar-refractivity contribution in [3.05, 3.63) is 62.0 Å². The van der Waals surface area contributed by atoms with Crippen molar-refractivity contribution in [1.82, 2.24) is 10.2 Å². The van der Waals surface area contributed by atoms with Crippen LogP contribution in [0.3, 0.4) is 0 Å². The van der Waals surface area contributed by atoms with Gasteiger partial charge in [0.05, 0.1) is 11.9 Å². The summed E-state index contributed by atoms with van der Waals surface area (Å²) in [6.45, 7) is 8.31. The molecule has 0 radical (unpaired) electrons. The van der Waals surface area contributed by atoms with Crippen LogP contribution in [-0.4, -0.2) is 49.5 Å². The standard InChI is InChI=1S/C24H30BrCl2N3O4S/c1-15-12-17(10-11-19(15)25)30(35(6,33)34)14-22(31)29(16(2)23(32)28-24(3,4)5)13-18-20(26)8-7-9-21(18)27/h7-12,16H,13-14H2,1-6H3,(H,28,32)/t16-/m0/s1. The van der Waals surface area contributed by atoms with Crippen molar-refractivity contribution in [3.63, 3.8) is 0 Å². The number of hydrogen-bond donors (Lipinski definition) is 1. The number of carbonyl (C=O) groups excluding carboxylic acids is 2. The molecule has 35 heavy (non-hydrogen) atoms. The summed E-state index contributed by atoms with van der Waals surface area (Å²) in [5.41, 5.74) is 1.07. The Labute approximate surface area is 225 Å². The molecule has 0 saturated heterocycles. The zero-order chi connectivity index (χ0) is 26.7. The molecule has 0 aliphatic rings. The van der Waals surface area contributed by atoms with Crippen LogP contribution in [0.25, 0.3) is 0 Å². The predicted octanol–water partition coefficient (Wildman–Crippen LogP) is 5.16. The minimum absolute atomic E-state index is 0.0764. The fourth-order valence-corrected chi connectivity index (χ4v) is 4.91. The number of aryl methyl sites for hydroxylation is 1. The van der Waals surface area contributed by atoms with E-state index in [0.29, 0.717) is 21.3 Å². The van der Waals surface area contributed by atoms with Crippen molar-refractivity contribution >= 4 is 66.7 Å². The van der Waals surface area contributed by atoms with Gasteiger partial charge in [-0.25, -0.2) is 8.42 Å². The molecule has 1 N–H and O–H groups in total. The normalized spacial score (nSPS) is 12.7. The summed E-state index contributed by atoms with van der Waals surface area (Å²) in [6.07, 6.45) is 1.03. The summed E-state index contributed by atoms with van der Waals surface area (Å²) < 4.78 is 27.2. The Kier molecular flexibility index (Phi) is 9.66. The molecule has 2 amide bonds. The second-order valence-electron chi connectivity index (χ2n) is 9.34. The van der Waals surface area contributed by atoms with Crippen molar-refractivity contribution in [2.75, 3.05) is 17.1 Å². The summed E-state index contributed by atoms with van der Waals surface area (Å²) in [6, 6.07) is 9.02. The topological polar surface area (TPSA) is 86.8 Å². The number of nitrogens with one attached hydrogen (secondary N) is 1. The van der Waals surface area contributed by atoms with Gasteiger partial charge in [-0.3, -0.25) is 13.9 Å². The van der Waals surface area contributed by atoms with E-state index in [1.54, 1.807) is 43.3 Å². The lowest BCUT2D eigenvalue weighted by atomic mass is 10.1. The van der Waals surface area contributed by atoms with Gasteiger partial charge in [-0.1, -0.05) is 45.2 Å². The van der Waals surface area contributed by atoms with Crippen molar-refractivity contribution < 1.29 is 18.0 Å². The largest absolute Gasteiger partial charge is 0.350 e. The number of carbonyl (C=O) groups is 2. The Morgan fingerprint density at radius 1 is 1.11 bits per heavy atom. The number of nitrogens with zero attached hydrogens (tertiary/aromatic N) is 2. The first kappa shape index (κ1) is 29.4. The second kappa shape index (κ2) is 11.5. The van der Waals surface area contributed by atoms with Gasteiger partial charge in [-0.05, 0) is 70.5 Å². The fraction of sp³-hybridized carbons (Fsp3) is 0.417. The van der Waals surface area contributed by atoms with Gasteiger partial charge in [0, 0.05) is 32.2 Å². The number of hydrogen-bond acceptors (Lipinski definition) is 4. The monoisotopic (exact) mass is 605 g/mol. The Bertz CT molecular complexity index is 1200. The molecule has 0 aliphatic carbocycles. The van der Waals surface area contributed by atoms with Crippen LogP contribution in [-0.2, 0) is 26.2 Å². The third-order valence-electron chi connectivity index (χ3n) is 5.16. The number of anilines is 1. The van der Waals surface area contributed by atoms with E-state index in [0.717, 1.165) is 20.6 Å². The highest BCUT2D eigenvalue weighted by molar-refractivity contribution is 9.10. The molecule has 2 aromatic rings. The molecule has 0 saturated carbocycles. The van der Waals surface area contributed by atoms with Crippen LogP contribution in [0.1, 0.15) is 38.8 Å². The number of benzene rings is 2. The summed E-state index contributed by atoms with van der Waals surface area (Å²) in [5.74, 6) is -0.969. The van der Waals surface area contributed by atoms with E-state index in [4.69, 9.17) is 23.2 Å². The average Bonchev–Trinajstić information content (AvgIpc) is 2.71. The molecule has 7 nitrogen and oxygen atoms in total. The van der Waals surface area contributed by atoms with E-state index in [9.17, 15) is 18.0 Å². The van der Waals surface area contributed by atoms with Crippen LogP contribution in [0.2, 0.25) is 10.0 Å². The number of sulfonamides is 1. The molecule has 2 rings (SSSR count). The Morgan fingerprint density at radius 3 is 2.17 bits per heavy atom. The first-order valence-corrected chi connectivity index (χ1v) is 14.2. The summed E-state index contributed by atoms with van der Waals surface area (Å²) >= 11 is 16.1. The lowest BCUT2D eigenvalue weighted by molar-refractivity contribution is -0.140. The van der Waals surface area contributed by atoms with Gasteiger partial charge in [0.1, 0.15) is 12.6 Å². The average molecular weight is 607 g/mol. The molecular weight excluding hydrogens is 577 g/mol. The van der Waals surface area contributed by atoms with Gasteiger partial charge >= 0.3 is 0 Å². The van der Waals surface area contributed by atoms with Crippen molar-refractivity contribution in [2.24, 2.45) is 0 Å². The van der Waals surface area contributed by atoms with E-state index in [1.165, 1.54) is 4.90 Å². The molecule has 0 heterocycles. The molecule has 1 atom stereocenters. The molecule has 0 aromatic heterocycles. The van der Waals surface area contributed by atoms with Crippen LogP contribution in [0.4, 0.5) is 5.69 Å². The lowest BCUT2D eigenvalue weighted by Crippen LogP contribution is -2.54. The predicted molar refractivity (Wildman–Crippen MR) is 145 cm³/mol. The number of halogens is 3. The van der Waals surface area contributed by atoms with Gasteiger partial charge < -0.3 is 10.2 Å². The Morgan fingerprint density at radius 2 is 1.69 bits per heavy atom. The Balaban J connectivity index is 2.49. The molecule has 0 spiro atoms. The van der Waals surface area contributed by atoms with Gasteiger partial charge in [0.2, 0.25) is 21.8 Å². The maximum Gasteiger partial charge on any atom is 0.244 e. The molecule has 0 bridgehead atoms. The van der Waals surface area contributed by atoms with Crippen LogP contribution in [0, 0.1) is 6.92 Å². The van der Waals surface area contributed by atoms with E-state index < -0.39 is 34.1 Å². The highest BCUT2D eigenvalue weighted by atomic mass is 79.9. The van der Waals surface area contributed by atoms with E-state index >= 15 is 0 Å². The molecule has 0 unspecified atom stereocenters. The third kappa shape index (κ3) is 8.10. The maximum atomic E-state index is 13.6. The SMILES string of the molecule is Cc1cc(N(CC(=O)N(Cc2c(Cl)cccc2Cl)[C@@H](C)C(=O)NC(C)(C)C)S(C)(=O)=O)ccc1Br.